The van der Waals surface area contributed by atoms with E-state index in [4.69, 9.17) is 0 Å². The Kier molecular flexibility index (Phi) is 4.13. The van der Waals surface area contributed by atoms with Crippen molar-refractivity contribution in [3.8, 4) is 0 Å². The van der Waals surface area contributed by atoms with Crippen molar-refractivity contribution in [3.05, 3.63) is 0 Å². The van der Waals surface area contributed by atoms with Crippen LogP contribution in [0, 0.1) is 0 Å². The summed E-state index contributed by atoms with van der Waals surface area (Å²) in [6.45, 7) is 2.06. The quantitative estimate of drug-likeness (QED) is 0.516. The van der Waals surface area contributed by atoms with E-state index in [9.17, 15) is 4.80 Å². The molecule has 1 atom stereocenters. The van der Waals surface area contributed by atoms with Crippen LogP contribution in [-0.4, -0.2) is 27.9 Å². The van der Waals surface area contributed by atoms with Gasteiger partial charge in [0, 0.05) is 0 Å². The van der Waals surface area contributed by atoms with Gasteiger partial charge in [0.15, 0.2) is 0 Å². The number of nitrogens with zero attached hydrogens (tertiary/aromatic N) is 1. The maximum absolute atomic E-state index is 10.9. The molecule has 0 aliphatic heterocycles. The fraction of sp³-hybridized carbons (Fsp3) is 1.00. The van der Waals surface area contributed by atoms with E-state index in [-0.39, 0.29) is 0 Å². The molecule has 0 saturated carbocycles. The summed E-state index contributed by atoms with van der Waals surface area (Å²) in [6, 6.07) is 0.896. The van der Waals surface area contributed by atoms with Crippen molar-refractivity contribution in [1.29, 1.82) is 0 Å². The molecule has 0 bridgehead atoms. The molecule has 3 heteroatoms. The van der Waals surface area contributed by atoms with Gasteiger partial charge < -0.3 is 4.57 Å². The van der Waals surface area contributed by atoms with Crippen LogP contribution in [0.5, 0.6) is 0 Å². The standard InChI is InChI=1S/C5H14NOSi/c1-4-5-8(7)6(2)3/h8H,4-5H2,1-3H3. The molecule has 0 rings (SSSR count). The molecule has 0 fully saturated rings. The van der Waals surface area contributed by atoms with Crippen molar-refractivity contribution >= 4 is 9.20 Å². The lowest BCUT2D eigenvalue weighted by Crippen LogP contribution is -2.30. The van der Waals surface area contributed by atoms with E-state index in [1.807, 2.05) is 18.7 Å². The molecule has 1 radical (unpaired) electrons. The minimum absolute atomic E-state index is 0.896. The molecule has 0 N–H and O–H groups in total. The smallest absolute Gasteiger partial charge is 0.296 e. The summed E-state index contributed by atoms with van der Waals surface area (Å²) in [5, 5.41) is 0. The third kappa shape index (κ3) is 3.18. The first kappa shape index (κ1) is 8.14. The van der Waals surface area contributed by atoms with Crippen molar-refractivity contribution in [2.45, 2.75) is 19.4 Å². The first-order valence-corrected chi connectivity index (χ1v) is 4.81. The van der Waals surface area contributed by atoms with E-state index in [0.717, 1.165) is 12.5 Å². The highest BCUT2D eigenvalue weighted by Gasteiger charge is 2.08. The highest BCUT2D eigenvalue weighted by Crippen LogP contribution is 1.95. The fourth-order valence-electron chi connectivity index (χ4n) is 0.505. The van der Waals surface area contributed by atoms with Gasteiger partial charge in [-0.15, -0.1) is 0 Å². The van der Waals surface area contributed by atoms with Gasteiger partial charge in [-0.1, -0.05) is 13.3 Å². The minimum Gasteiger partial charge on any atom is -0.308 e. The predicted octanol–water partition coefficient (Wildman–Crippen LogP) is 0.609. The Bertz CT molecular complexity index is 58.4. The van der Waals surface area contributed by atoms with Gasteiger partial charge in [-0.2, -0.15) is 0 Å². The number of hydrogen-bond donors (Lipinski definition) is 0. The van der Waals surface area contributed by atoms with E-state index < -0.39 is 9.20 Å². The molecule has 0 aromatic rings. The SMILES string of the molecule is CCC[SiH]([O])N(C)C. The van der Waals surface area contributed by atoms with Gasteiger partial charge in [0.2, 0.25) is 0 Å². The highest BCUT2D eigenvalue weighted by molar-refractivity contribution is 6.46. The zero-order valence-corrected chi connectivity index (χ0v) is 7.00. The molecular weight excluding hydrogens is 118 g/mol. The summed E-state index contributed by atoms with van der Waals surface area (Å²) in [7, 11) is 2.06. The lowest BCUT2D eigenvalue weighted by molar-refractivity contribution is 0.374. The Balaban J connectivity index is 3.17. The Labute approximate surface area is 52.9 Å². The van der Waals surface area contributed by atoms with Crippen LogP contribution in [0.1, 0.15) is 13.3 Å². The van der Waals surface area contributed by atoms with Gasteiger partial charge in [-0.3, -0.25) is 4.80 Å². The Morgan fingerprint density at radius 1 is 1.50 bits per heavy atom. The summed E-state index contributed by atoms with van der Waals surface area (Å²) < 4.78 is 1.84. The van der Waals surface area contributed by atoms with Gasteiger partial charge >= 0.3 is 0 Å². The van der Waals surface area contributed by atoms with Crippen LogP contribution >= 0.6 is 0 Å². The molecule has 0 saturated heterocycles. The Morgan fingerprint density at radius 3 is 2.12 bits per heavy atom. The minimum atomic E-state index is -1.69. The summed E-state index contributed by atoms with van der Waals surface area (Å²) in [5.41, 5.74) is 0. The second kappa shape index (κ2) is 4.06. The van der Waals surface area contributed by atoms with Crippen LogP contribution in [0.4, 0.5) is 0 Å². The molecule has 0 aromatic carbocycles. The number of rotatable bonds is 3. The molecule has 49 valence electrons. The first-order valence-electron chi connectivity index (χ1n) is 3.00. The lowest BCUT2D eigenvalue weighted by Gasteiger charge is -2.11. The van der Waals surface area contributed by atoms with Crippen LogP contribution in [0.25, 0.3) is 0 Å². The second-order valence-electron chi connectivity index (χ2n) is 2.21. The molecule has 0 spiro atoms. The van der Waals surface area contributed by atoms with E-state index in [0.29, 0.717) is 0 Å². The van der Waals surface area contributed by atoms with Gasteiger partial charge in [0.05, 0.1) is 0 Å². The van der Waals surface area contributed by atoms with E-state index in [1.54, 1.807) is 0 Å². The molecular formula is C5H14NOSi. The molecule has 0 heterocycles. The largest absolute Gasteiger partial charge is 0.308 e. The van der Waals surface area contributed by atoms with Crippen LogP contribution in [0.2, 0.25) is 6.04 Å². The molecule has 1 unspecified atom stereocenters. The predicted molar refractivity (Wildman–Crippen MR) is 36.6 cm³/mol. The molecule has 2 nitrogen and oxygen atoms in total. The molecule has 0 aliphatic rings. The average molecular weight is 132 g/mol. The van der Waals surface area contributed by atoms with Crippen molar-refractivity contribution in [2.75, 3.05) is 14.1 Å². The van der Waals surface area contributed by atoms with Crippen molar-refractivity contribution in [2.24, 2.45) is 0 Å². The fourth-order valence-corrected chi connectivity index (χ4v) is 1.52. The van der Waals surface area contributed by atoms with Crippen molar-refractivity contribution in [3.63, 3.8) is 0 Å². The Morgan fingerprint density at radius 2 is 2.00 bits per heavy atom. The third-order valence-electron chi connectivity index (χ3n) is 1.11. The van der Waals surface area contributed by atoms with E-state index in [2.05, 4.69) is 6.92 Å². The first-order chi connectivity index (χ1) is 3.68. The van der Waals surface area contributed by atoms with Crippen LogP contribution in [-0.2, 0) is 4.80 Å². The normalized spacial score (nSPS) is 14.6. The summed E-state index contributed by atoms with van der Waals surface area (Å²) in [5.74, 6) is 0. The monoisotopic (exact) mass is 132 g/mol. The van der Waals surface area contributed by atoms with Gasteiger partial charge in [-0.25, -0.2) is 0 Å². The summed E-state index contributed by atoms with van der Waals surface area (Å²) in [4.78, 5) is 10.9. The van der Waals surface area contributed by atoms with Gasteiger partial charge in [-0.05, 0) is 20.1 Å². The summed E-state index contributed by atoms with van der Waals surface area (Å²) >= 11 is 0. The molecule has 8 heavy (non-hydrogen) atoms. The van der Waals surface area contributed by atoms with E-state index >= 15 is 0 Å². The maximum atomic E-state index is 10.9. The molecule has 0 aliphatic carbocycles. The van der Waals surface area contributed by atoms with E-state index in [1.165, 1.54) is 0 Å². The summed E-state index contributed by atoms with van der Waals surface area (Å²) in [6.07, 6.45) is 1.04. The lowest BCUT2D eigenvalue weighted by atomic mass is 10.6. The van der Waals surface area contributed by atoms with Gasteiger partial charge in [0.1, 0.15) is 0 Å². The van der Waals surface area contributed by atoms with Crippen LogP contribution < -0.4 is 0 Å². The topological polar surface area (TPSA) is 23.1 Å². The average Bonchev–Trinajstić information content (AvgIpc) is 1.67. The Hall–Kier alpha value is 0.137. The second-order valence-corrected chi connectivity index (χ2v) is 4.73. The zero-order valence-electron chi connectivity index (χ0n) is 5.85. The van der Waals surface area contributed by atoms with Crippen molar-refractivity contribution < 1.29 is 4.80 Å². The van der Waals surface area contributed by atoms with Crippen LogP contribution in [0.3, 0.4) is 0 Å². The highest BCUT2D eigenvalue weighted by atomic mass is 28.3. The van der Waals surface area contributed by atoms with Crippen molar-refractivity contribution in [1.82, 2.24) is 4.57 Å². The van der Waals surface area contributed by atoms with Gasteiger partial charge in [0.25, 0.3) is 9.20 Å². The molecule has 0 aromatic heterocycles. The number of hydrogen-bond acceptors (Lipinski definition) is 1. The zero-order chi connectivity index (χ0) is 6.57. The maximum Gasteiger partial charge on any atom is 0.296 e. The van der Waals surface area contributed by atoms with Crippen LogP contribution in [0.15, 0.2) is 0 Å². The third-order valence-corrected chi connectivity index (χ3v) is 3.33. The molecule has 0 amide bonds.